The summed E-state index contributed by atoms with van der Waals surface area (Å²) in [5.41, 5.74) is 4.07. The molecule has 1 aliphatic carbocycles. The summed E-state index contributed by atoms with van der Waals surface area (Å²) in [6, 6.07) is 9.88. The quantitative estimate of drug-likeness (QED) is 0.357. The maximum absolute atomic E-state index is 12.5. The number of thiocarbonyl (C=S) groups is 1. The lowest BCUT2D eigenvalue weighted by atomic mass is 10.0. The molecular formula is C22H20ClN3OS2. The third-order valence-corrected chi connectivity index (χ3v) is 5.84. The highest BCUT2D eigenvalue weighted by Gasteiger charge is 2.16. The Balaban J connectivity index is 0.00000240. The molecule has 0 atom stereocenters. The monoisotopic (exact) mass is 441 g/mol. The fourth-order valence-corrected chi connectivity index (χ4v) is 4.22. The molecule has 1 aliphatic rings. The molecule has 4 rings (SSSR count). The SMILES string of the molecule is Cc1ccc(C(=O)C[n+]2cccc(-c3cc(CC4=CC(=S)CC=C4)[nH]n3)c2)s1.[Cl-]. The number of ketones is 1. The Morgan fingerprint density at radius 1 is 1.34 bits per heavy atom. The molecule has 148 valence electrons. The molecule has 0 aromatic carbocycles. The molecule has 4 nitrogen and oxygen atoms in total. The predicted molar refractivity (Wildman–Crippen MR) is 116 cm³/mol. The van der Waals surface area contributed by atoms with Gasteiger partial charge in [-0.1, -0.05) is 24.4 Å². The Morgan fingerprint density at radius 2 is 2.21 bits per heavy atom. The average molecular weight is 442 g/mol. The summed E-state index contributed by atoms with van der Waals surface area (Å²) in [7, 11) is 0. The van der Waals surface area contributed by atoms with Crippen LogP contribution in [0, 0.1) is 6.92 Å². The van der Waals surface area contributed by atoms with Crippen molar-refractivity contribution in [3.8, 4) is 11.3 Å². The molecule has 0 amide bonds. The average Bonchev–Trinajstić information content (AvgIpc) is 3.31. The molecular weight excluding hydrogens is 422 g/mol. The second kappa shape index (κ2) is 9.39. The van der Waals surface area contributed by atoms with Crippen molar-refractivity contribution in [2.24, 2.45) is 0 Å². The van der Waals surface area contributed by atoms with Crippen LogP contribution in [0.25, 0.3) is 11.3 Å². The number of pyridine rings is 1. The van der Waals surface area contributed by atoms with Gasteiger partial charge in [0, 0.05) is 34.3 Å². The molecule has 0 aliphatic heterocycles. The number of carbonyl (C=O) groups excluding carboxylic acids is 1. The highest BCUT2D eigenvalue weighted by atomic mass is 35.5. The first-order valence-corrected chi connectivity index (χ1v) is 10.3. The van der Waals surface area contributed by atoms with Crippen LogP contribution in [0.1, 0.15) is 26.7 Å². The smallest absolute Gasteiger partial charge is 0.237 e. The van der Waals surface area contributed by atoms with E-state index in [2.05, 4.69) is 34.5 Å². The van der Waals surface area contributed by atoms with E-state index in [1.165, 1.54) is 16.9 Å². The van der Waals surface area contributed by atoms with Gasteiger partial charge in [-0.25, -0.2) is 0 Å². The van der Waals surface area contributed by atoms with Gasteiger partial charge in [-0.2, -0.15) is 9.67 Å². The highest BCUT2D eigenvalue weighted by molar-refractivity contribution is 7.80. The van der Waals surface area contributed by atoms with E-state index in [1.54, 1.807) is 0 Å². The number of thiophene rings is 1. The van der Waals surface area contributed by atoms with E-state index in [4.69, 9.17) is 12.2 Å². The minimum Gasteiger partial charge on any atom is -1.00 e. The number of aromatic amines is 1. The van der Waals surface area contributed by atoms with Gasteiger partial charge in [0.2, 0.25) is 12.3 Å². The third-order valence-electron chi connectivity index (χ3n) is 4.52. The molecule has 29 heavy (non-hydrogen) atoms. The number of H-pyrrole nitrogens is 1. The van der Waals surface area contributed by atoms with Gasteiger partial charge in [0.1, 0.15) is 0 Å². The van der Waals surface area contributed by atoms with Crippen LogP contribution in [0.4, 0.5) is 0 Å². The van der Waals surface area contributed by atoms with E-state index in [9.17, 15) is 4.79 Å². The Labute approximate surface area is 185 Å². The number of hydrogen-bond donors (Lipinski definition) is 1. The zero-order valence-electron chi connectivity index (χ0n) is 15.9. The first kappa shape index (κ1) is 21.3. The zero-order valence-corrected chi connectivity index (χ0v) is 18.3. The van der Waals surface area contributed by atoms with Crippen molar-refractivity contribution >= 4 is 34.2 Å². The molecule has 0 saturated heterocycles. The number of nitrogens with one attached hydrogen (secondary N) is 1. The molecule has 1 N–H and O–H groups in total. The van der Waals surface area contributed by atoms with Gasteiger partial charge in [0.05, 0.1) is 16.1 Å². The number of aromatic nitrogens is 3. The van der Waals surface area contributed by atoms with Crippen molar-refractivity contribution in [3.05, 3.63) is 82.0 Å². The molecule has 0 spiro atoms. The Hall–Kier alpha value is -2.41. The molecule has 0 bridgehead atoms. The van der Waals surface area contributed by atoms with E-state index >= 15 is 0 Å². The normalized spacial score (nSPS) is 13.1. The summed E-state index contributed by atoms with van der Waals surface area (Å²) >= 11 is 6.82. The summed E-state index contributed by atoms with van der Waals surface area (Å²) in [4.78, 5) is 15.4. The molecule has 0 unspecified atom stereocenters. The number of carbonyl (C=O) groups is 1. The molecule has 0 saturated carbocycles. The predicted octanol–water partition coefficient (Wildman–Crippen LogP) is 1.42. The molecule has 0 fully saturated rings. The van der Waals surface area contributed by atoms with Gasteiger partial charge >= 0.3 is 0 Å². The van der Waals surface area contributed by atoms with Crippen LogP contribution in [0.5, 0.6) is 0 Å². The summed E-state index contributed by atoms with van der Waals surface area (Å²) in [6.45, 7) is 2.33. The fourth-order valence-electron chi connectivity index (χ4n) is 3.17. The van der Waals surface area contributed by atoms with Crippen molar-refractivity contribution in [1.82, 2.24) is 10.2 Å². The van der Waals surface area contributed by atoms with Crippen molar-refractivity contribution < 1.29 is 21.8 Å². The summed E-state index contributed by atoms with van der Waals surface area (Å²) < 4.78 is 1.91. The summed E-state index contributed by atoms with van der Waals surface area (Å²) in [5.74, 6) is 0.120. The summed E-state index contributed by atoms with van der Waals surface area (Å²) in [5, 5.41) is 7.56. The maximum Gasteiger partial charge on any atom is 0.237 e. The first-order valence-electron chi connectivity index (χ1n) is 9.10. The molecule has 7 heteroatoms. The van der Waals surface area contributed by atoms with E-state index in [1.807, 2.05) is 48.1 Å². The molecule has 3 aromatic heterocycles. The fraction of sp³-hybridized carbons (Fsp3) is 0.182. The van der Waals surface area contributed by atoms with E-state index in [-0.39, 0.29) is 18.2 Å². The minimum atomic E-state index is 0. The standard InChI is InChI=1S/C22H20N3OS2.ClH/c1-15-7-8-22(28-15)21(26)14-25-9-3-5-17(13-25)20-12-18(23-24-20)10-16-4-2-6-19(27)11-16;/h2-5,7-9,11-13H,6,10,14H2,1H3,(H,23,24);1H/q+1;/p-1. The minimum absolute atomic E-state index is 0. The van der Waals surface area contributed by atoms with Gasteiger partial charge in [-0.05, 0) is 42.8 Å². The topological polar surface area (TPSA) is 49.6 Å². The highest BCUT2D eigenvalue weighted by Crippen LogP contribution is 2.20. The number of allylic oxidation sites excluding steroid dienone is 4. The van der Waals surface area contributed by atoms with Crippen molar-refractivity contribution in [2.75, 3.05) is 0 Å². The Kier molecular flexibility index (Phi) is 6.90. The Bertz CT molecular complexity index is 1110. The lowest BCUT2D eigenvalue weighted by Gasteiger charge is -2.05. The van der Waals surface area contributed by atoms with Crippen LogP contribution in [0.2, 0.25) is 0 Å². The lowest BCUT2D eigenvalue weighted by molar-refractivity contribution is -0.682. The number of rotatable bonds is 6. The lowest BCUT2D eigenvalue weighted by Crippen LogP contribution is -3.00. The Morgan fingerprint density at radius 3 is 2.97 bits per heavy atom. The molecule has 0 radical (unpaired) electrons. The largest absolute Gasteiger partial charge is 1.00 e. The first-order chi connectivity index (χ1) is 13.6. The summed E-state index contributed by atoms with van der Waals surface area (Å²) in [6.07, 6.45) is 11.8. The maximum atomic E-state index is 12.5. The van der Waals surface area contributed by atoms with Crippen LogP contribution in [0.3, 0.4) is 0 Å². The van der Waals surface area contributed by atoms with Crippen LogP contribution in [-0.2, 0) is 13.0 Å². The molecule has 3 heterocycles. The van der Waals surface area contributed by atoms with E-state index < -0.39 is 0 Å². The number of Topliss-reactive ketones (excluding diaryl/α,β-unsaturated/α-hetero) is 1. The van der Waals surface area contributed by atoms with Crippen molar-refractivity contribution in [3.63, 3.8) is 0 Å². The number of halogens is 1. The number of aryl methyl sites for hydroxylation is 1. The van der Waals surface area contributed by atoms with E-state index in [0.717, 1.165) is 44.4 Å². The van der Waals surface area contributed by atoms with Gasteiger partial charge in [-0.15, -0.1) is 11.3 Å². The van der Waals surface area contributed by atoms with Crippen LogP contribution >= 0.6 is 23.6 Å². The molecule has 3 aromatic rings. The van der Waals surface area contributed by atoms with Gasteiger partial charge < -0.3 is 12.4 Å². The van der Waals surface area contributed by atoms with Crippen molar-refractivity contribution in [2.45, 2.75) is 26.3 Å². The number of nitrogens with zero attached hydrogens (tertiary/aromatic N) is 2. The van der Waals surface area contributed by atoms with Gasteiger partial charge in [-0.3, -0.25) is 9.89 Å². The second-order valence-corrected chi connectivity index (χ2v) is 8.66. The van der Waals surface area contributed by atoms with Gasteiger partial charge in [0.25, 0.3) is 0 Å². The van der Waals surface area contributed by atoms with Gasteiger partial charge in [0.15, 0.2) is 12.4 Å². The van der Waals surface area contributed by atoms with E-state index in [0.29, 0.717) is 6.54 Å². The van der Waals surface area contributed by atoms with Crippen LogP contribution < -0.4 is 17.0 Å². The van der Waals surface area contributed by atoms with Crippen molar-refractivity contribution in [1.29, 1.82) is 0 Å². The second-order valence-electron chi connectivity index (χ2n) is 6.85. The zero-order chi connectivity index (χ0) is 19.5. The third kappa shape index (κ3) is 5.35. The van der Waals surface area contributed by atoms with Crippen LogP contribution in [-0.4, -0.2) is 20.8 Å². The van der Waals surface area contributed by atoms with Crippen LogP contribution in [0.15, 0.2) is 66.5 Å². The number of hydrogen-bond acceptors (Lipinski definition) is 4.